The molecule has 9 heteroatoms. The van der Waals surface area contributed by atoms with Crippen LogP contribution in [0, 0.1) is 0 Å². The average molecular weight is 329 g/mol. The number of ether oxygens (including phenoxy) is 2. The van der Waals surface area contributed by atoms with Crippen LogP contribution in [0.25, 0.3) is 11.3 Å². The lowest BCUT2D eigenvalue weighted by molar-refractivity contribution is 0.355. The third kappa shape index (κ3) is 3.03. The normalized spacial score (nSPS) is 11.2. The first-order chi connectivity index (χ1) is 10.3. The number of anilines is 1. The first-order valence-corrected chi connectivity index (χ1v) is 7.91. The van der Waals surface area contributed by atoms with Gasteiger partial charge in [-0.15, -0.1) is 0 Å². The number of methoxy groups -OCH3 is 2. The fourth-order valence-corrected chi connectivity index (χ4v) is 2.30. The summed E-state index contributed by atoms with van der Waals surface area (Å²) in [5.41, 5.74) is 0.368. The predicted molar refractivity (Wildman–Crippen MR) is 79.0 cm³/mol. The van der Waals surface area contributed by atoms with Crippen LogP contribution >= 0.6 is 0 Å². The zero-order valence-electron chi connectivity index (χ0n) is 12.1. The second-order valence-electron chi connectivity index (χ2n) is 4.40. The van der Waals surface area contributed by atoms with Crippen LogP contribution in [0.1, 0.15) is 0 Å². The topological polar surface area (TPSA) is 118 Å². The lowest BCUT2D eigenvalue weighted by Crippen LogP contribution is -2.08. The van der Waals surface area contributed by atoms with E-state index in [1.54, 1.807) is 12.1 Å². The van der Waals surface area contributed by atoms with Gasteiger partial charge in [-0.3, -0.25) is 4.72 Å². The number of hydrogen-bond donors (Lipinski definition) is 3. The van der Waals surface area contributed by atoms with E-state index in [1.165, 1.54) is 20.3 Å². The number of nitrogens with one attached hydrogen (secondary N) is 1. The molecule has 0 radical (unpaired) electrons. The Kier molecular flexibility index (Phi) is 4.09. The summed E-state index contributed by atoms with van der Waals surface area (Å²) in [7, 11) is -0.752. The minimum absolute atomic E-state index is 0.107. The van der Waals surface area contributed by atoms with Crippen LogP contribution < -0.4 is 14.2 Å². The number of benzene rings is 1. The fraction of sp³-hybridized carbons (Fsp3) is 0.231. The van der Waals surface area contributed by atoms with Crippen molar-refractivity contribution in [2.24, 2.45) is 0 Å². The van der Waals surface area contributed by atoms with Crippen molar-refractivity contribution in [3.8, 4) is 34.3 Å². The molecule has 0 amide bonds. The van der Waals surface area contributed by atoms with Gasteiger partial charge in [0, 0.05) is 5.56 Å². The van der Waals surface area contributed by atoms with Crippen LogP contribution in [-0.2, 0) is 10.0 Å². The maximum atomic E-state index is 11.2. The zero-order valence-corrected chi connectivity index (χ0v) is 12.9. The van der Waals surface area contributed by atoms with Gasteiger partial charge >= 0.3 is 0 Å². The quantitative estimate of drug-likeness (QED) is 0.764. The molecule has 1 heterocycles. The summed E-state index contributed by atoms with van der Waals surface area (Å²) >= 11 is 0. The van der Waals surface area contributed by atoms with E-state index in [-0.39, 0.29) is 5.76 Å². The molecule has 0 spiro atoms. The second-order valence-corrected chi connectivity index (χ2v) is 6.15. The van der Waals surface area contributed by atoms with Crippen LogP contribution in [0.2, 0.25) is 0 Å². The molecule has 0 aliphatic heterocycles. The van der Waals surface area contributed by atoms with Gasteiger partial charge in [0.05, 0.1) is 20.5 Å². The van der Waals surface area contributed by atoms with Gasteiger partial charge in [0.15, 0.2) is 17.3 Å². The number of furan rings is 1. The smallest absolute Gasteiger partial charge is 0.253 e. The van der Waals surface area contributed by atoms with Crippen molar-refractivity contribution in [1.82, 2.24) is 0 Å². The van der Waals surface area contributed by atoms with E-state index in [2.05, 4.69) is 0 Å². The van der Waals surface area contributed by atoms with Crippen molar-refractivity contribution in [2.75, 3.05) is 25.2 Å². The molecule has 0 fully saturated rings. The summed E-state index contributed by atoms with van der Waals surface area (Å²) in [5.74, 6) is -1.01. The highest BCUT2D eigenvalue weighted by Crippen LogP contribution is 2.46. The Balaban J connectivity index is 2.52. The van der Waals surface area contributed by atoms with Crippen LogP contribution in [-0.4, -0.2) is 39.1 Å². The summed E-state index contributed by atoms with van der Waals surface area (Å²) < 4.78 is 39.8. The molecule has 0 saturated carbocycles. The lowest BCUT2D eigenvalue weighted by atomic mass is 10.1. The number of aromatic hydroxyl groups is 2. The van der Waals surface area contributed by atoms with Crippen molar-refractivity contribution in [2.45, 2.75) is 0 Å². The third-order valence-electron chi connectivity index (χ3n) is 2.78. The van der Waals surface area contributed by atoms with Gasteiger partial charge in [0.1, 0.15) is 0 Å². The van der Waals surface area contributed by atoms with Crippen molar-refractivity contribution in [3.63, 3.8) is 0 Å². The Morgan fingerprint density at radius 2 is 1.73 bits per heavy atom. The molecule has 0 bridgehead atoms. The Bertz CT molecular complexity index is 795. The molecule has 2 aromatic rings. The van der Waals surface area contributed by atoms with Gasteiger partial charge in [-0.1, -0.05) is 0 Å². The predicted octanol–water partition coefficient (Wildman–Crippen LogP) is 1.75. The molecule has 1 aromatic heterocycles. The van der Waals surface area contributed by atoms with Gasteiger partial charge in [0.25, 0.3) is 5.88 Å². The Labute approximate surface area is 127 Å². The number of rotatable bonds is 5. The summed E-state index contributed by atoms with van der Waals surface area (Å²) in [5, 5.41) is 19.7. The molecule has 0 saturated heterocycles. The van der Waals surface area contributed by atoms with E-state index in [9.17, 15) is 18.6 Å². The Morgan fingerprint density at radius 3 is 2.27 bits per heavy atom. The van der Waals surface area contributed by atoms with Gasteiger partial charge < -0.3 is 24.1 Å². The minimum atomic E-state index is -3.67. The molecule has 120 valence electrons. The van der Waals surface area contributed by atoms with Crippen LogP contribution in [0.4, 0.5) is 5.88 Å². The first-order valence-electron chi connectivity index (χ1n) is 6.01. The Morgan fingerprint density at radius 1 is 1.09 bits per heavy atom. The molecule has 0 atom stereocenters. The number of sulfonamides is 1. The van der Waals surface area contributed by atoms with E-state index in [0.29, 0.717) is 17.1 Å². The zero-order chi connectivity index (χ0) is 16.5. The molecule has 2 rings (SSSR count). The third-order valence-corrected chi connectivity index (χ3v) is 3.34. The monoisotopic (exact) mass is 329 g/mol. The van der Waals surface area contributed by atoms with Gasteiger partial charge in [-0.25, -0.2) is 8.42 Å². The largest absolute Gasteiger partial charge is 0.502 e. The van der Waals surface area contributed by atoms with E-state index < -0.39 is 27.4 Å². The molecular formula is C13H15NO7S. The van der Waals surface area contributed by atoms with Crippen molar-refractivity contribution in [1.29, 1.82) is 0 Å². The maximum absolute atomic E-state index is 11.2. The summed E-state index contributed by atoms with van der Waals surface area (Å²) in [6, 6.07) is 4.65. The molecule has 1 aromatic carbocycles. The van der Waals surface area contributed by atoms with Crippen molar-refractivity contribution in [3.05, 3.63) is 18.2 Å². The maximum Gasteiger partial charge on any atom is 0.253 e. The summed E-state index contributed by atoms with van der Waals surface area (Å²) in [6.45, 7) is 0. The fourth-order valence-electron chi connectivity index (χ4n) is 1.82. The molecular weight excluding hydrogens is 314 g/mol. The van der Waals surface area contributed by atoms with Crippen LogP contribution in [0.15, 0.2) is 22.6 Å². The number of hydrogen-bond acceptors (Lipinski definition) is 7. The molecule has 0 aliphatic rings. The van der Waals surface area contributed by atoms with Gasteiger partial charge in [-0.05, 0) is 18.2 Å². The molecule has 22 heavy (non-hydrogen) atoms. The van der Waals surface area contributed by atoms with E-state index in [0.717, 1.165) is 6.26 Å². The van der Waals surface area contributed by atoms with E-state index >= 15 is 0 Å². The van der Waals surface area contributed by atoms with E-state index in [1.807, 2.05) is 4.72 Å². The van der Waals surface area contributed by atoms with Crippen molar-refractivity contribution < 1.29 is 32.5 Å². The average Bonchev–Trinajstić information content (AvgIpc) is 2.73. The molecule has 3 N–H and O–H groups in total. The van der Waals surface area contributed by atoms with Crippen LogP contribution in [0.3, 0.4) is 0 Å². The van der Waals surface area contributed by atoms with E-state index in [4.69, 9.17) is 13.9 Å². The molecule has 8 nitrogen and oxygen atoms in total. The first kappa shape index (κ1) is 15.8. The summed E-state index contributed by atoms with van der Waals surface area (Å²) in [6.07, 6.45) is 0.891. The highest BCUT2D eigenvalue weighted by molar-refractivity contribution is 7.92. The van der Waals surface area contributed by atoms with Gasteiger partial charge in [-0.2, -0.15) is 0 Å². The molecule has 0 aliphatic carbocycles. The molecule has 0 unspecified atom stereocenters. The van der Waals surface area contributed by atoms with Crippen LogP contribution in [0.5, 0.6) is 23.0 Å². The summed E-state index contributed by atoms with van der Waals surface area (Å²) in [4.78, 5) is 0. The SMILES string of the molecule is COc1ccc(-c2oc(NS(C)(=O)=O)c(O)c2O)cc1OC. The van der Waals surface area contributed by atoms with Gasteiger partial charge in [0.2, 0.25) is 21.5 Å². The standard InChI is InChI=1S/C13H15NO7S/c1-19-8-5-4-7(6-9(8)20-2)12-10(15)11(16)13(21-12)14-22(3,17)18/h4-6,14-16H,1-3H3. The highest BCUT2D eigenvalue weighted by Gasteiger charge is 2.23. The second kappa shape index (κ2) is 5.68. The van der Waals surface area contributed by atoms with Crippen molar-refractivity contribution >= 4 is 15.9 Å². The minimum Gasteiger partial charge on any atom is -0.502 e. The Hall–Kier alpha value is -2.55. The lowest BCUT2D eigenvalue weighted by Gasteiger charge is -2.08. The highest BCUT2D eigenvalue weighted by atomic mass is 32.2.